The Morgan fingerprint density at radius 3 is 2.69 bits per heavy atom. The van der Waals surface area contributed by atoms with Crippen LogP contribution in [0.4, 0.5) is 0 Å². The SMILES string of the molecule is COc1ccc(CSCC(C)C)cc1CN. The van der Waals surface area contributed by atoms with Crippen LogP contribution in [0.5, 0.6) is 5.75 Å². The quantitative estimate of drug-likeness (QED) is 0.828. The van der Waals surface area contributed by atoms with E-state index in [9.17, 15) is 0 Å². The minimum absolute atomic E-state index is 0.534. The van der Waals surface area contributed by atoms with Gasteiger partial charge in [-0.1, -0.05) is 19.9 Å². The van der Waals surface area contributed by atoms with Crippen LogP contribution in [0.25, 0.3) is 0 Å². The summed E-state index contributed by atoms with van der Waals surface area (Å²) >= 11 is 1.97. The van der Waals surface area contributed by atoms with Crippen molar-refractivity contribution in [3.63, 3.8) is 0 Å². The van der Waals surface area contributed by atoms with Gasteiger partial charge in [-0.25, -0.2) is 0 Å². The Labute approximate surface area is 103 Å². The molecule has 1 rings (SSSR count). The fraction of sp³-hybridized carbons (Fsp3) is 0.538. The predicted molar refractivity (Wildman–Crippen MR) is 71.9 cm³/mol. The van der Waals surface area contributed by atoms with E-state index in [0.29, 0.717) is 6.54 Å². The van der Waals surface area contributed by atoms with E-state index in [1.165, 1.54) is 11.3 Å². The molecule has 2 nitrogen and oxygen atoms in total. The van der Waals surface area contributed by atoms with Gasteiger partial charge in [0.15, 0.2) is 0 Å². The zero-order valence-electron chi connectivity index (χ0n) is 10.3. The molecule has 1 aromatic rings. The van der Waals surface area contributed by atoms with Gasteiger partial charge in [-0.15, -0.1) is 0 Å². The number of nitrogens with two attached hydrogens (primary N) is 1. The summed E-state index contributed by atoms with van der Waals surface area (Å²) in [4.78, 5) is 0. The van der Waals surface area contributed by atoms with Gasteiger partial charge in [-0.3, -0.25) is 0 Å². The Balaban J connectivity index is 2.60. The Bertz CT molecular complexity index is 326. The highest BCUT2D eigenvalue weighted by Crippen LogP contribution is 2.22. The molecule has 90 valence electrons. The first-order valence-corrected chi connectivity index (χ1v) is 6.76. The van der Waals surface area contributed by atoms with Crippen molar-refractivity contribution in [1.29, 1.82) is 0 Å². The van der Waals surface area contributed by atoms with Crippen LogP contribution in [-0.2, 0) is 12.3 Å². The molecular weight excluding hydrogens is 218 g/mol. The van der Waals surface area contributed by atoms with Crippen LogP contribution < -0.4 is 10.5 Å². The molecule has 3 heteroatoms. The van der Waals surface area contributed by atoms with E-state index in [4.69, 9.17) is 10.5 Å². The van der Waals surface area contributed by atoms with Gasteiger partial charge in [0.1, 0.15) is 5.75 Å². The third-order valence-corrected chi connectivity index (χ3v) is 3.72. The van der Waals surface area contributed by atoms with Gasteiger partial charge in [0, 0.05) is 17.9 Å². The normalized spacial score (nSPS) is 10.8. The highest BCUT2D eigenvalue weighted by Gasteiger charge is 2.03. The first-order chi connectivity index (χ1) is 7.67. The van der Waals surface area contributed by atoms with Crippen molar-refractivity contribution in [3.8, 4) is 5.75 Å². The minimum atomic E-state index is 0.534. The average Bonchev–Trinajstić information content (AvgIpc) is 2.28. The molecule has 0 fully saturated rings. The molecule has 0 spiro atoms. The molecule has 0 radical (unpaired) electrons. The summed E-state index contributed by atoms with van der Waals surface area (Å²) in [7, 11) is 1.68. The number of methoxy groups -OCH3 is 1. The third kappa shape index (κ3) is 4.06. The molecule has 0 aliphatic heterocycles. The van der Waals surface area contributed by atoms with Gasteiger partial charge < -0.3 is 10.5 Å². The smallest absolute Gasteiger partial charge is 0.123 e. The average molecular weight is 239 g/mol. The van der Waals surface area contributed by atoms with Gasteiger partial charge >= 0.3 is 0 Å². The second kappa shape index (κ2) is 6.81. The van der Waals surface area contributed by atoms with Crippen molar-refractivity contribution in [3.05, 3.63) is 29.3 Å². The summed E-state index contributed by atoms with van der Waals surface area (Å²) in [5.74, 6) is 3.89. The van der Waals surface area contributed by atoms with Crippen LogP contribution in [0.2, 0.25) is 0 Å². The number of benzene rings is 1. The minimum Gasteiger partial charge on any atom is -0.496 e. The molecule has 0 aliphatic carbocycles. The van der Waals surface area contributed by atoms with E-state index in [2.05, 4.69) is 26.0 Å². The largest absolute Gasteiger partial charge is 0.496 e. The molecule has 0 amide bonds. The van der Waals surface area contributed by atoms with Crippen molar-refractivity contribution >= 4 is 11.8 Å². The Morgan fingerprint density at radius 2 is 2.12 bits per heavy atom. The summed E-state index contributed by atoms with van der Waals surface area (Å²) < 4.78 is 5.25. The summed E-state index contributed by atoms with van der Waals surface area (Å²) in [6.07, 6.45) is 0. The molecule has 0 aromatic heterocycles. The highest BCUT2D eigenvalue weighted by molar-refractivity contribution is 7.98. The molecule has 0 atom stereocenters. The van der Waals surface area contributed by atoms with Crippen molar-refractivity contribution in [1.82, 2.24) is 0 Å². The number of hydrogen-bond acceptors (Lipinski definition) is 3. The molecule has 16 heavy (non-hydrogen) atoms. The number of thioether (sulfide) groups is 1. The van der Waals surface area contributed by atoms with E-state index in [1.807, 2.05) is 17.8 Å². The maximum absolute atomic E-state index is 5.69. The standard InChI is InChI=1S/C13H21NOS/c1-10(2)8-16-9-11-4-5-13(15-3)12(6-11)7-14/h4-6,10H,7-9,14H2,1-3H3. The maximum atomic E-state index is 5.69. The van der Waals surface area contributed by atoms with E-state index < -0.39 is 0 Å². The predicted octanol–water partition coefficient (Wildman–Crippen LogP) is 3.04. The van der Waals surface area contributed by atoms with Crippen LogP contribution in [-0.4, -0.2) is 12.9 Å². The van der Waals surface area contributed by atoms with Crippen LogP contribution in [0.15, 0.2) is 18.2 Å². The Morgan fingerprint density at radius 1 is 1.38 bits per heavy atom. The molecule has 0 saturated carbocycles. The summed E-state index contributed by atoms with van der Waals surface area (Å²) in [6, 6.07) is 6.27. The Hall–Kier alpha value is -0.670. The highest BCUT2D eigenvalue weighted by atomic mass is 32.2. The monoisotopic (exact) mass is 239 g/mol. The lowest BCUT2D eigenvalue weighted by Gasteiger charge is -2.09. The topological polar surface area (TPSA) is 35.2 Å². The van der Waals surface area contributed by atoms with Gasteiger partial charge in [0.2, 0.25) is 0 Å². The van der Waals surface area contributed by atoms with Crippen molar-refractivity contribution in [2.45, 2.75) is 26.1 Å². The number of rotatable bonds is 6. The molecule has 0 bridgehead atoms. The lowest BCUT2D eigenvalue weighted by molar-refractivity contribution is 0.409. The van der Waals surface area contributed by atoms with Crippen LogP contribution >= 0.6 is 11.8 Å². The summed E-state index contributed by atoms with van der Waals surface area (Å²) in [5.41, 5.74) is 8.10. The zero-order valence-corrected chi connectivity index (χ0v) is 11.1. The summed E-state index contributed by atoms with van der Waals surface area (Å²) in [6.45, 7) is 5.02. The number of hydrogen-bond donors (Lipinski definition) is 1. The van der Waals surface area contributed by atoms with Gasteiger partial charge in [0.25, 0.3) is 0 Å². The Kier molecular flexibility index (Phi) is 5.71. The maximum Gasteiger partial charge on any atom is 0.123 e. The van der Waals surface area contributed by atoms with E-state index in [-0.39, 0.29) is 0 Å². The first kappa shape index (κ1) is 13.4. The third-order valence-electron chi connectivity index (χ3n) is 2.28. The van der Waals surface area contributed by atoms with Crippen LogP contribution in [0.1, 0.15) is 25.0 Å². The van der Waals surface area contributed by atoms with Crippen LogP contribution in [0, 0.1) is 5.92 Å². The zero-order chi connectivity index (χ0) is 12.0. The molecule has 0 aliphatic rings. The van der Waals surface area contributed by atoms with Crippen LogP contribution in [0.3, 0.4) is 0 Å². The van der Waals surface area contributed by atoms with Crippen molar-refractivity contribution in [2.75, 3.05) is 12.9 Å². The fourth-order valence-electron chi connectivity index (χ4n) is 1.49. The second-order valence-corrected chi connectivity index (χ2v) is 5.29. The van der Waals surface area contributed by atoms with E-state index in [1.54, 1.807) is 7.11 Å². The molecule has 0 saturated heterocycles. The second-order valence-electron chi connectivity index (χ2n) is 4.26. The van der Waals surface area contributed by atoms with E-state index in [0.717, 1.165) is 23.0 Å². The number of ether oxygens (including phenoxy) is 1. The summed E-state index contributed by atoms with van der Waals surface area (Å²) in [5, 5.41) is 0. The molecule has 0 heterocycles. The molecule has 2 N–H and O–H groups in total. The van der Waals surface area contributed by atoms with E-state index >= 15 is 0 Å². The lowest BCUT2D eigenvalue weighted by Crippen LogP contribution is -2.01. The van der Waals surface area contributed by atoms with Crippen molar-refractivity contribution in [2.24, 2.45) is 11.7 Å². The lowest BCUT2D eigenvalue weighted by atomic mass is 10.1. The van der Waals surface area contributed by atoms with Gasteiger partial charge in [-0.2, -0.15) is 11.8 Å². The molecular formula is C13H21NOS. The molecule has 1 aromatic carbocycles. The van der Waals surface area contributed by atoms with Crippen molar-refractivity contribution < 1.29 is 4.74 Å². The van der Waals surface area contributed by atoms with Gasteiger partial charge in [0.05, 0.1) is 7.11 Å². The molecule has 0 unspecified atom stereocenters. The first-order valence-electron chi connectivity index (χ1n) is 5.61. The van der Waals surface area contributed by atoms with Gasteiger partial charge in [-0.05, 0) is 29.4 Å². The fourth-order valence-corrected chi connectivity index (χ4v) is 2.50.